The van der Waals surface area contributed by atoms with Crippen LogP contribution in [-0.2, 0) is 18.9 Å². The summed E-state index contributed by atoms with van der Waals surface area (Å²) in [6.45, 7) is 22.6. The van der Waals surface area contributed by atoms with Gasteiger partial charge >= 0.3 is 0 Å². The van der Waals surface area contributed by atoms with Crippen molar-refractivity contribution in [1.82, 2.24) is 4.90 Å². The van der Waals surface area contributed by atoms with Crippen molar-refractivity contribution in [3.8, 4) is 0 Å². The summed E-state index contributed by atoms with van der Waals surface area (Å²) in [7, 11) is 0. The molecule has 8 atom stereocenters. The van der Waals surface area contributed by atoms with Gasteiger partial charge in [-0.2, -0.15) is 0 Å². The smallest absolute Gasteiger partial charge is 0.0936 e. The van der Waals surface area contributed by atoms with Crippen LogP contribution in [0.1, 0.15) is 221 Å². The highest BCUT2D eigenvalue weighted by atomic mass is 16.6. The summed E-state index contributed by atoms with van der Waals surface area (Å²) >= 11 is 0. The van der Waals surface area contributed by atoms with E-state index in [1.54, 1.807) is 5.57 Å². The SMILES string of the molecule is CCCCCC/C=C\CCCCCCCCOCC(CN1CCCCCC1)OCCOCCOC1CC[C@@]2(C)C(=CCC3C4CCC(C)(CCCCC(C)C)C4(C)CC[C@@H]32)C1. The molecule has 0 bridgehead atoms. The Morgan fingerprint density at radius 1 is 0.705 bits per heavy atom. The van der Waals surface area contributed by atoms with Crippen LogP contribution in [0.2, 0.25) is 0 Å². The van der Waals surface area contributed by atoms with Gasteiger partial charge in [0.05, 0.1) is 45.2 Å². The molecule has 1 aliphatic heterocycles. The summed E-state index contributed by atoms with van der Waals surface area (Å²) in [4.78, 5) is 2.61. The maximum atomic E-state index is 6.53. The van der Waals surface area contributed by atoms with Crippen molar-refractivity contribution < 1.29 is 18.9 Å². The Hall–Kier alpha value is -0.720. The number of hydrogen-bond acceptors (Lipinski definition) is 5. The lowest BCUT2D eigenvalue weighted by molar-refractivity contribution is -0.0835. The van der Waals surface area contributed by atoms with Crippen LogP contribution >= 0.6 is 0 Å². The molecule has 5 heteroatoms. The molecule has 5 rings (SSSR count). The van der Waals surface area contributed by atoms with Gasteiger partial charge in [-0.1, -0.05) is 142 Å². The summed E-state index contributed by atoms with van der Waals surface area (Å²) in [5.41, 5.74) is 3.19. The predicted molar refractivity (Wildman–Crippen MR) is 259 cm³/mol. The van der Waals surface area contributed by atoms with E-state index in [1.165, 1.54) is 180 Å². The summed E-state index contributed by atoms with van der Waals surface area (Å²) in [6, 6.07) is 0. The van der Waals surface area contributed by atoms with E-state index in [-0.39, 0.29) is 6.10 Å². The third-order valence-electron chi connectivity index (χ3n) is 17.5. The van der Waals surface area contributed by atoms with Gasteiger partial charge in [0.25, 0.3) is 0 Å². The fourth-order valence-corrected chi connectivity index (χ4v) is 13.3. The second kappa shape index (κ2) is 27.7. The fraction of sp³-hybridized carbons (Fsp3) is 0.929. The maximum absolute atomic E-state index is 6.53. The quantitative estimate of drug-likeness (QED) is 0.0513. The number of rotatable bonds is 31. The molecule has 0 radical (unpaired) electrons. The lowest BCUT2D eigenvalue weighted by Crippen LogP contribution is -2.52. The van der Waals surface area contributed by atoms with E-state index in [0.29, 0.717) is 55.4 Å². The normalized spacial score (nSPS) is 31.2. The van der Waals surface area contributed by atoms with Crippen LogP contribution in [0.5, 0.6) is 0 Å². The van der Waals surface area contributed by atoms with Crippen LogP contribution in [-0.4, -0.2) is 76.4 Å². The van der Waals surface area contributed by atoms with Crippen LogP contribution in [0.4, 0.5) is 0 Å². The summed E-state index contributed by atoms with van der Waals surface area (Å²) < 4.78 is 25.3. The Labute approximate surface area is 379 Å². The molecule has 5 nitrogen and oxygen atoms in total. The van der Waals surface area contributed by atoms with Gasteiger partial charge in [-0.05, 0) is 156 Å². The molecule has 0 amide bonds. The molecule has 0 aromatic rings. The molecule has 4 fully saturated rings. The molecule has 0 aromatic carbocycles. The highest BCUT2D eigenvalue weighted by Crippen LogP contribution is 2.70. The molecule has 1 heterocycles. The van der Waals surface area contributed by atoms with Gasteiger partial charge in [-0.25, -0.2) is 0 Å². The first kappa shape index (κ1) is 51.3. The van der Waals surface area contributed by atoms with Crippen molar-refractivity contribution in [3.63, 3.8) is 0 Å². The summed E-state index contributed by atoms with van der Waals surface area (Å²) in [5.74, 6) is 3.52. The maximum Gasteiger partial charge on any atom is 0.0936 e. The zero-order valence-electron chi connectivity index (χ0n) is 41.4. The van der Waals surface area contributed by atoms with Crippen molar-refractivity contribution in [2.24, 2.45) is 39.9 Å². The zero-order valence-corrected chi connectivity index (χ0v) is 41.4. The zero-order chi connectivity index (χ0) is 43.2. The lowest BCUT2D eigenvalue weighted by Gasteiger charge is -2.59. The Bertz CT molecular complexity index is 1220. The van der Waals surface area contributed by atoms with Gasteiger partial charge < -0.3 is 23.8 Å². The van der Waals surface area contributed by atoms with Crippen LogP contribution in [0.15, 0.2) is 23.8 Å². The topological polar surface area (TPSA) is 40.2 Å². The molecule has 3 saturated carbocycles. The van der Waals surface area contributed by atoms with Crippen molar-refractivity contribution >= 4 is 0 Å². The van der Waals surface area contributed by atoms with Gasteiger partial charge in [-0.15, -0.1) is 0 Å². The summed E-state index contributed by atoms with van der Waals surface area (Å²) in [5, 5.41) is 0. The average Bonchev–Trinajstić information content (AvgIpc) is 3.35. The number of allylic oxidation sites excluding steroid dienone is 3. The van der Waals surface area contributed by atoms with Crippen LogP contribution in [0.25, 0.3) is 0 Å². The fourth-order valence-electron chi connectivity index (χ4n) is 13.3. The molecular weight excluding hydrogens is 751 g/mol. The van der Waals surface area contributed by atoms with Gasteiger partial charge in [-0.3, -0.25) is 0 Å². The van der Waals surface area contributed by atoms with E-state index in [1.807, 2.05) is 0 Å². The molecule has 0 spiro atoms. The minimum Gasteiger partial charge on any atom is -0.379 e. The van der Waals surface area contributed by atoms with Gasteiger partial charge in [0, 0.05) is 13.2 Å². The minimum absolute atomic E-state index is 0.119. The number of likely N-dealkylation sites (tertiary alicyclic amines) is 1. The average molecular weight is 852 g/mol. The molecular formula is C56H101NO4. The van der Waals surface area contributed by atoms with Crippen molar-refractivity contribution in [2.75, 3.05) is 59.3 Å². The van der Waals surface area contributed by atoms with E-state index in [4.69, 9.17) is 18.9 Å². The highest BCUT2D eigenvalue weighted by molar-refractivity contribution is 5.26. The first-order valence-electron chi connectivity index (χ1n) is 27.1. The summed E-state index contributed by atoms with van der Waals surface area (Å²) in [6.07, 6.45) is 45.6. The van der Waals surface area contributed by atoms with Gasteiger partial charge in [0.2, 0.25) is 0 Å². The van der Waals surface area contributed by atoms with Crippen LogP contribution in [0, 0.1) is 39.9 Å². The Morgan fingerprint density at radius 2 is 1.41 bits per heavy atom. The Balaban J connectivity index is 0.936. The minimum atomic E-state index is 0.119. The van der Waals surface area contributed by atoms with Crippen molar-refractivity contribution in [1.29, 1.82) is 0 Å². The molecule has 0 N–H and O–H groups in total. The third-order valence-corrected chi connectivity index (χ3v) is 17.5. The standard InChI is InChI=1S/C56H101NO4/c1-7-8-9-10-11-12-13-14-15-16-17-18-21-26-39-59-46-50(45-57-37-24-19-20-25-38-57)61-43-41-58-40-42-60-49-30-35-55(5)48(44-49)28-29-51-52(55)32-36-56(6)53(51)31-34-54(56,4)33-23-22-27-47(2)3/h12-13,28,47,49-53H,7-11,14-27,29-46H2,1-6H3/b13-12-/t49?,50?,51?,52-,53?,54?,55-,56?/m0/s1. The Morgan fingerprint density at radius 3 is 2.16 bits per heavy atom. The molecule has 4 aliphatic carbocycles. The largest absolute Gasteiger partial charge is 0.379 e. The number of ether oxygens (including phenoxy) is 4. The predicted octanol–water partition coefficient (Wildman–Crippen LogP) is 15.1. The first-order valence-corrected chi connectivity index (χ1v) is 27.1. The van der Waals surface area contributed by atoms with Gasteiger partial charge in [0.15, 0.2) is 0 Å². The van der Waals surface area contributed by atoms with Crippen LogP contribution in [0.3, 0.4) is 0 Å². The molecule has 0 aromatic heterocycles. The molecule has 61 heavy (non-hydrogen) atoms. The number of nitrogens with zero attached hydrogens (tertiary/aromatic N) is 1. The van der Waals surface area contributed by atoms with E-state index in [0.717, 1.165) is 49.7 Å². The second-order valence-electron chi connectivity index (χ2n) is 22.3. The van der Waals surface area contributed by atoms with Crippen molar-refractivity contribution in [2.45, 2.75) is 234 Å². The van der Waals surface area contributed by atoms with E-state index in [2.05, 4.69) is 64.7 Å². The van der Waals surface area contributed by atoms with Crippen molar-refractivity contribution in [3.05, 3.63) is 23.8 Å². The van der Waals surface area contributed by atoms with Gasteiger partial charge in [0.1, 0.15) is 0 Å². The molecule has 1 saturated heterocycles. The monoisotopic (exact) mass is 852 g/mol. The number of fused-ring (bicyclic) bond motifs is 5. The highest BCUT2D eigenvalue weighted by Gasteiger charge is 2.62. The van der Waals surface area contributed by atoms with E-state index in [9.17, 15) is 0 Å². The molecule has 5 aliphatic rings. The van der Waals surface area contributed by atoms with Crippen LogP contribution < -0.4 is 0 Å². The second-order valence-corrected chi connectivity index (χ2v) is 22.3. The number of hydrogen-bond donors (Lipinski definition) is 0. The number of unbranched alkanes of at least 4 members (excludes halogenated alkanes) is 11. The van der Waals surface area contributed by atoms with E-state index >= 15 is 0 Å². The third kappa shape index (κ3) is 16.0. The Kier molecular flexibility index (Phi) is 23.3. The van der Waals surface area contributed by atoms with E-state index < -0.39 is 0 Å². The molecule has 354 valence electrons. The first-order chi connectivity index (χ1) is 29.7. The lowest BCUT2D eigenvalue weighted by atomic mass is 9.45. The molecule has 6 unspecified atom stereocenters.